The molecule has 0 fully saturated rings. The van der Waals surface area contributed by atoms with Crippen molar-refractivity contribution in [2.75, 3.05) is 5.75 Å². The third-order valence-corrected chi connectivity index (χ3v) is 3.91. The van der Waals surface area contributed by atoms with E-state index in [-0.39, 0.29) is 5.75 Å². The molecule has 5 heteroatoms. The molecule has 82 valence electrons. The minimum atomic E-state index is -3.10. The summed E-state index contributed by atoms with van der Waals surface area (Å²) in [6, 6.07) is 4.95. The van der Waals surface area contributed by atoms with Gasteiger partial charge < -0.3 is 0 Å². The van der Waals surface area contributed by atoms with E-state index in [1.165, 1.54) is 11.5 Å². The number of halogens is 2. The van der Waals surface area contributed by atoms with Crippen LogP contribution in [0.15, 0.2) is 23.6 Å². The van der Waals surface area contributed by atoms with Gasteiger partial charge in [0, 0.05) is 5.41 Å². The van der Waals surface area contributed by atoms with Crippen LogP contribution in [-0.4, -0.2) is 14.2 Å². The van der Waals surface area contributed by atoms with E-state index in [1.807, 2.05) is 0 Å². The summed E-state index contributed by atoms with van der Waals surface area (Å²) in [5.74, 6) is 0.0881. The van der Waals surface area contributed by atoms with E-state index in [0.717, 1.165) is 0 Å². The first-order valence-electron chi connectivity index (χ1n) is 4.30. The van der Waals surface area contributed by atoms with Crippen molar-refractivity contribution in [3.05, 3.63) is 39.2 Å². The normalized spacial score (nSPS) is 12.2. The molecule has 0 spiro atoms. The second-order valence-corrected chi connectivity index (χ2v) is 5.92. The van der Waals surface area contributed by atoms with Crippen molar-refractivity contribution in [2.24, 2.45) is 0 Å². The third kappa shape index (κ3) is 3.86. The highest BCUT2D eigenvalue weighted by Crippen LogP contribution is 2.23. The van der Waals surface area contributed by atoms with Crippen LogP contribution in [0.2, 0.25) is 10.0 Å². The van der Waals surface area contributed by atoms with E-state index in [9.17, 15) is 8.42 Å². The number of sulfone groups is 1. The highest BCUT2D eigenvalue weighted by atomic mass is 35.5. The van der Waals surface area contributed by atoms with Crippen LogP contribution in [0.3, 0.4) is 0 Å². The minimum Gasteiger partial charge on any atom is -0.224 e. The van der Waals surface area contributed by atoms with Gasteiger partial charge in [0.2, 0.25) is 0 Å². The van der Waals surface area contributed by atoms with E-state index < -0.39 is 9.84 Å². The summed E-state index contributed by atoms with van der Waals surface area (Å²) in [6.07, 6.45) is 1.50. The van der Waals surface area contributed by atoms with Gasteiger partial charge in [0.15, 0.2) is 9.84 Å². The zero-order valence-corrected chi connectivity index (χ0v) is 10.4. The fourth-order valence-electron chi connectivity index (χ4n) is 0.895. The van der Waals surface area contributed by atoms with E-state index in [2.05, 4.69) is 0 Å². The molecule has 0 radical (unpaired) electrons. The molecule has 0 aromatic heterocycles. The Balaban J connectivity index is 2.96. The van der Waals surface area contributed by atoms with Crippen LogP contribution in [0.4, 0.5) is 0 Å². The first kappa shape index (κ1) is 12.6. The highest BCUT2D eigenvalue weighted by Gasteiger charge is 2.01. The van der Waals surface area contributed by atoms with Crippen LogP contribution >= 0.6 is 23.2 Å². The molecule has 1 aromatic carbocycles. The van der Waals surface area contributed by atoms with Gasteiger partial charge in [0.05, 0.1) is 15.8 Å². The smallest absolute Gasteiger partial charge is 0.171 e. The standard InChI is InChI=1S/C10H10Cl2O2S/c1-2-15(13,14)6-5-8-3-4-9(11)10(12)7-8/h3-7H,2H2,1H3/b6-5-. The van der Waals surface area contributed by atoms with E-state index >= 15 is 0 Å². The van der Waals surface area contributed by atoms with E-state index in [1.54, 1.807) is 25.1 Å². The molecule has 0 saturated heterocycles. The van der Waals surface area contributed by atoms with Crippen molar-refractivity contribution < 1.29 is 8.42 Å². The van der Waals surface area contributed by atoms with Gasteiger partial charge in [-0.25, -0.2) is 8.42 Å². The largest absolute Gasteiger partial charge is 0.224 e. The lowest BCUT2D eigenvalue weighted by molar-refractivity contribution is 0.606. The molecule has 1 aromatic rings. The van der Waals surface area contributed by atoms with E-state index in [0.29, 0.717) is 15.6 Å². The maximum Gasteiger partial charge on any atom is 0.171 e. The van der Waals surface area contributed by atoms with Gasteiger partial charge in [-0.05, 0) is 23.8 Å². The van der Waals surface area contributed by atoms with Crippen molar-refractivity contribution >= 4 is 39.1 Å². The fourth-order valence-corrected chi connectivity index (χ4v) is 1.76. The summed E-state index contributed by atoms with van der Waals surface area (Å²) in [5.41, 5.74) is 0.710. The Hall–Kier alpha value is -0.510. The lowest BCUT2D eigenvalue weighted by atomic mass is 10.2. The Kier molecular flexibility index (Phi) is 4.20. The Bertz CT molecular complexity index is 478. The van der Waals surface area contributed by atoms with Crippen LogP contribution in [0.25, 0.3) is 6.08 Å². The van der Waals surface area contributed by atoms with Gasteiger partial charge in [-0.2, -0.15) is 0 Å². The average Bonchev–Trinajstić information content (AvgIpc) is 2.20. The summed E-state index contributed by atoms with van der Waals surface area (Å²) >= 11 is 11.5. The molecule has 15 heavy (non-hydrogen) atoms. The van der Waals surface area contributed by atoms with Crippen LogP contribution in [0, 0.1) is 0 Å². The van der Waals surface area contributed by atoms with Gasteiger partial charge in [0.1, 0.15) is 0 Å². The summed E-state index contributed by atoms with van der Waals surface area (Å²) in [4.78, 5) is 0. The molecule has 0 N–H and O–H groups in total. The molecule has 2 nitrogen and oxygen atoms in total. The van der Waals surface area contributed by atoms with Crippen LogP contribution < -0.4 is 0 Å². The molecule has 0 aliphatic rings. The van der Waals surface area contributed by atoms with E-state index in [4.69, 9.17) is 23.2 Å². The topological polar surface area (TPSA) is 34.1 Å². The van der Waals surface area contributed by atoms with Crippen LogP contribution in [0.5, 0.6) is 0 Å². The van der Waals surface area contributed by atoms with Crippen molar-refractivity contribution in [2.45, 2.75) is 6.92 Å². The average molecular weight is 265 g/mol. The monoisotopic (exact) mass is 264 g/mol. The second-order valence-electron chi connectivity index (χ2n) is 2.93. The lowest BCUT2D eigenvalue weighted by Gasteiger charge is -1.97. The molecule has 1 rings (SSSR count). The Morgan fingerprint density at radius 3 is 2.47 bits per heavy atom. The number of benzene rings is 1. The van der Waals surface area contributed by atoms with Crippen molar-refractivity contribution in [3.8, 4) is 0 Å². The zero-order chi connectivity index (χ0) is 11.5. The Morgan fingerprint density at radius 2 is 1.93 bits per heavy atom. The van der Waals surface area contributed by atoms with Crippen molar-refractivity contribution in [1.29, 1.82) is 0 Å². The van der Waals surface area contributed by atoms with Crippen molar-refractivity contribution in [1.82, 2.24) is 0 Å². The Labute approximate surface area is 99.4 Å². The molecule has 0 aliphatic heterocycles. The quantitative estimate of drug-likeness (QED) is 0.839. The van der Waals surface area contributed by atoms with Crippen LogP contribution in [0.1, 0.15) is 12.5 Å². The summed E-state index contributed by atoms with van der Waals surface area (Å²) in [7, 11) is -3.10. The molecule has 0 aliphatic carbocycles. The summed E-state index contributed by atoms with van der Waals surface area (Å²) < 4.78 is 22.4. The van der Waals surface area contributed by atoms with Crippen molar-refractivity contribution in [3.63, 3.8) is 0 Å². The SMILES string of the molecule is CCS(=O)(=O)/C=C\c1ccc(Cl)c(Cl)c1. The number of rotatable bonds is 3. The zero-order valence-electron chi connectivity index (χ0n) is 8.07. The summed E-state index contributed by atoms with van der Waals surface area (Å²) in [6.45, 7) is 1.59. The first-order chi connectivity index (χ1) is 6.94. The molecule has 0 bridgehead atoms. The lowest BCUT2D eigenvalue weighted by Crippen LogP contribution is -1.96. The van der Waals surface area contributed by atoms with Gasteiger partial charge in [-0.15, -0.1) is 0 Å². The van der Waals surface area contributed by atoms with Gasteiger partial charge in [-0.1, -0.05) is 36.2 Å². The predicted octanol–water partition coefficient (Wildman–Crippen LogP) is 3.40. The van der Waals surface area contributed by atoms with Crippen LogP contribution in [-0.2, 0) is 9.84 Å². The van der Waals surface area contributed by atoms with Gasteiger partial charge in [-0.3, -0.25) is 0 Å². The number of hydrogen-bond donors (Lipinski definition) is 0. The Morgan fingerprint density at radius 1 is 1.27 bits per heavy atom. The minimum absolute atomic E-state index is 0.0881. The second kappa shape index (κ2) is 5.01. The molecule has 0 saturated carbocycles. The molecule has 0 unspecified atom stereocenters. The molecule has 0 heterocycles. The third-order valence-electron chi connectivity index (χ3n) is 1.81. The molecule has 0 atom stereocenters. The predicted molar refractivity (Wildman–Crippen MR) is 65.0 cm³/mol. The number of hydrogen-bond acceptors (Lipinski definition) is 2. The first-order valence-corrected chi connectivity index (χ1v) is 6.77. The molecule has 0 amide bonds. The molecular formula is C10H10Cl2O2S. The molecular weight excluding hydrogens is 255 g/mol. The van der Waals surface area contributed by atoms with Gasteiger partial charge in [0.25, 0.3) is 0 Å². The maximum absolute atomic E-state index is 11.2. The fraction of sp³-hybridized carbons (Fsp3) is 0.200. The maximum atomic E-state index is 11.2. The summed E-state index contributed by atoms with van der Waals surface area (Å²) in [5, 5.41) is 2.03. The van der Waals surface area contributed by atoms with Gasteiger partial charge >= 0.3 is 0 Å². The highest BCUT2D eigenvalue weighted by molar-refractivity contribution is 7.94.